The predicted octanol–water partition coefficient (Wildman–Crippen LogP) is 9.22. The summed E-state index contributed by atoms with van der Waals surface area (Å²) in [6, 6.07) is 38.2. The number of carbonyl (C=O) groups excluding carboxylic acids is 3. The molecule has 8 nitrogen and oxygen atoms in total. The van der Waals surface area contributed by atoms with Gasteiger partial charge in [-0.3, -0.25) is 9.59 Å². The Morgan fingerprint density at radius 1 is 0.648 bits per heavy atom. The summed E-state index contributed by atoms with van der Waals surface area (Å²) in [5.74, 6) is 0.865. The molecule has 2 fully saturated rings. The highest BCUT2D eigenvalue weighted by atomic mass is 32.1. The van der Waals surface area contributed by atoms with Crippen LogP contribution in [0.3, 0.4) is 0 Å². The van der Waals surface area contributed by atoms with Crippen LogP contribution >= 0.6 is 22.7 Å². The first-order valence-corrected chi connectivity index (χ1v) is 20.6. The van der Waals surface area contributed by atoms with Crippen LogP contribution in [0.5, 0.6) is 0 Å². The molecule has 10 heteroatoms. The van der Waals surface area contributed by atoms with Crippen LogP contribution in [-0.2, 0) is 11.2 Å². The third kappa shape index (κ3) is 10.9. The number of para-hydroxylation sites is 2. The fourth-order valence-corrected chi connectivity index (χ4v) is 8.70. The van der Waals surface area contributed by atoms with Crippen LogP contribution in [0.25, 0.3) is 0 Å². The second kappa shape index (κ2) is 20.1. The first-order chi connectivity index (χ1) is 26.5. The topological polar surface area (TPSA) is 73.4 Å². The molecule has 2 unspecified atom stereocenters. The van der Waals surface area contributed by atoms with Crippen molar-refractivity contribution in [3.05, 3.63) is 141 Å². The number of likely N-dealkylation sites (tertiary alicyclic amines) is 2. The highest BCUT2D eigenvalue weighted by Crippen LogP contribution is 2.26. The Kier molecular flexibility index (Phi) is 14.5. The van der Waals surface area contributed by atoms with Crippen LogP contribution in [0.4, 0.5) is 16.2 Å². The molecule has 0 radical (unpaired) electrons. The van der Waals surface area contributed by atoms with Crippen LogP contribution in [0.15, 0.2) is 126 Å². The van der Waals surface area contributed by atoms with E-state index in [1.54, 1.807) is 4.90 Å². The molecule has 2 aromatic heterocycles. The Labute approximate surface area is 327 Å². The van der Waals surface area contributed by atoms with Crippen LogP contribution in [0.1, 0.15) is 50.6 Å². The van der Waals surface area contributed by atoms with Gasteiger partial charge in [-0.1, -0.05) is 78.9 Å². The molecule has 0 N–H and O–H groups in total. The Morgan fingerprint density at radius 3 is 1.65 bits per heavy atom. The van der Waals surface area contributed by atoms with E-state index in [1.807, 2.05) is 105 Å². The summed E-state index contributed by atoms with van der Waals surface area (Å²) in [6.45, 7) is 6.02. The molecule has 7 rings (SSSR count). The lowest BCUT2D eigenvalue weighted by molar-refractivity contribution is 0.0949. The van der Waals surface area contributed by atoms with Crippen LogP contribution < -0.4 is 9.80 Å². The number of piperidine rings is 2. The zero-order valence-corrected chi connectivity index (χ0v) is 32.6. The molecular formula is C44H50N4O4S2. The van der Waals surface area contributed by atoms with Crippen molar-refractivity contribution in [3.63, 3.8) is 0 Å². The van der Waals surface area contributed by atoms with E-state index in [9.17, 15) is 14.4 Å². The fourth-order valence-electron chi connectivity index (χ4n) is 7.35. The first-order valence-electron chi connectivity index (χ1n) is 18.9. The molecule has 0 spiro atoms. The van der Waals surface area contributed by atoms with E-state index in [0.717, 1.165) is 66.6 Å². The minimum absolute atomic E-state index is 0.0105. The standard InChI is InChI=1S/C25H28N2OS.C19H22N2O3S/c28-25(24-14-8-18-29-24)27(23-12-5-2-6-13-23)20-22-11-7-16-26(19-22)17-15-21-9-3-1-4-10-21;1-24-19(23)20-11-5-7-15(13-20)14-21(16-8-3-2-4-9-16)18(22)17-10-6-12-25-17/h1-6,8-10,12-14,18,22H,7,11,15-17,19-20H2;2-4,6,8-10,12,15H,5,7,11,13-14H2,1H3. The van der Waals surface area contributed by atoms with Crippen molar-refractivity contribution in [2.24, 2.45) is 11.8 Å². The maximum Gasteiger partial charge on any atom is 0.409 e. The molecule has 282 valence electrons. The molecule has 2 saturated heterocycles. The number of nitrogens with zero attached hydrogens (tertiary/aromatic N) is 4. The number of carbonyl (C=O) groups is 3. The molecule has 5 aromatic rings. The first kappa shape index (κ1) is 38.9. The Hall–Kier alpha value is -4.77. The second-order valence-electron chi connectivity index (χ2n) is 13.9. The van der Waals surface area contributed by atoms with E-state index >= 15 is 0 Å². The number of thiophene rings is 2. The van der Waals surface area contributed by atoms with Gasteiger partial charge in [0.2, 0.25) is 0 Å². The Balaban J connectivity index is 0.000000186. The highest BCUT2D eigenvalue weighted by Gasteiger charge is 2.29. The monoisotopic (exact) mass is 762 g/mol. The summed E-state index contributed by atoms with van der Waals surface area (Å²) in [5, 5.41) is 3.89. The van der Waals surface area contributed by atoms with Crippen molar-refractivity contribution in [1.29, 1.82) is 0 Å². The van der Waals surface area contributed by atoms with Gasteiger partial charge in [0.1, 0.15) is 0 Å². The maximum absolute atomic E-state index is 13.2. The molecule has 0 saturated carbocycles. The Morgan fingerprint density at radius 2 is 1.15 bits per heavy atom. The van der Waals surface area contributed by atoms with Gasteiger partial charge in [0, 0.05) is 50.6 Å². The molecule has 2 aliphatic heterocycles. The van der Waals surface area contributed by atoms with E-state index in [1.165, 1.54) is 48.2 Å². The Bertz CT molecular complexity index is 1860. The van der Waals surface area contributed by atoms with Crippen molar-refractivity contribution in [3.8, 4) is 0 Å². The summed E-state index contributed by atoms with van der Waals surface area (Å²) < 4.78 is 4.84. The van der Waals surface area contributed by atoms with Crippen LogP contribution in [-0.4, -0.2) is 80.6 Å². The summed E-state index contributed by atoms with van der Waals surface area (Å²) in [4.78, 5) is 47.6. The van der Waals surface area contributed by atoms with Gasteiger partial charge in [-0.15, -0.1) is 22.7 Å². The van der Waals surface area contributed by atoms with Crippen molar-refractivity contribution in [1.82, 2.24) is 9.80 Å². The molecule has 0 aliphatic carbocycles. The van der Waals surface area contributed by atoms with Crippen molar-refractivity contribution in [2.75, 3.05) is 62.7 Å². The van der Waals surface area contributed by atoms with E-state index < -0.39 is 0 Å². The van der Waals surface area contributed by atoms with Gasteiger partial charge >= 0.3 is 6.09 Å². The quantitative estimate of drug-likeness (QED) is 0.134. The van der Waals surface area contributed by atoms with E-state index in [2.05, 4.69) is 35.2 Å². The zero-order chi connectivity index (χ0) is 37.5. The zero-order valence-electron chi connectivity index (χ0n) is 31.0. The number of methoxy groups -OCH3 is 1. The smallest absolute Gasteiger partial charge is 0.409 e. The summed E-state index contributed by atoms with van der Waals surface area (Å²) in [7, 11) is 1.41. The minimum atomic E-state index is -0.291. The highest BCUT2D eigenvalue weighted by molar-refractivity contribution is 7.12. The maximum atomic E-state index is 13.2. The molecule has 54 heavy (non-hydrogen) atoms. The lowest BCUT2D eigenvalue weighted by Crippen LogP contribution is -2.45. The van der Waals surface area contributed by atoms with Gasteiger partial charge in [-0.05, 0) is 103 Å². The van der Waals surface area contributed by atoms with Gasteiger partial charge in [0.15, 0.2) is 0 Å². The van der Waals surface area contributed by atoms with E-state index in [4.69, 9.17) is 4.74 Å². The number of hydrogen-bond donors (Lipinski definition) is 0. The predicted molar refractivity (Wildman–Crippen MR) is 221 cm³/mol. The van der Waals surface area contributed by atoms with Gasteiger partial charge in [-0.2, -0.15) is 0 Å². The number of amides is 3. The molecule has 3 amide bonds. The van der Waals surface area contributed by atoms with Gasteiger partial charge in [-0.25, -0.2) is 4.79 Å². The van der Waals surface area contributed by atoms with Gasteiger partial charge in [0.05, 0.1) is 16.9 Å². The number of anilines is 2. The summed E-state index contributed by atoms with van der Waals surface area (Å²) >= 11 is 2.97. The average Bonchev–Trinajstić information content (AvgIpc) is 3.99. The van der Waals surface area contributed by atoms with Crippen LogP contribution in [0.2, 0.25) is 0 Å². The SMILES string of the molecule is COC(=O)N1CCCC(CN(C(=O)c2cccs2)c2ccccc2)C1.O=C(c1cccs1)N(CC1CCCN(CCc2ccccc2)C1)c1ccccc1. The minimum Gasteiger partial charge on any atom is -0.453 e. The molecule has 2 atom stereocenters. The van der Waals surface area contributed by atoms with Gasteiger partial charge in [0.25, 0.3) is 11.8 Å². The lowest BCUT2D eigenvalue weighted by atomic mass is 9.96. The van der Waals surface area contributed by atoms with Crippen molar-refractivity contribution >= 4 is 52.0 Å². The summed E-state index contributed by atoms with van der Waals surface area (Å²) in [5.41, 5.74) is 3.27. The molecule has 2 aliphatic rings. The average molecular weight is 763 g/mol. The lowest BCUT2D eigenvalue weighted by Gasteiger charge is -2.35. The number of rotatable bonds is 11. The molecule has 0 bridgehead atoms. The van der Waals surface area contributed by atoms with Gasteiger partial charge < -0.3 is 24.3 Å². The normalized spacial score (nSPS) is 17.2. The van der Waals surface area contributed by atoms with E-state index in [-0.39, 0.29) is 23.8 Å². The largest absolute Gasteiger partial charge is 0.453 e. The van der Waals surface area contributed by atoms with E-state index in [0.29, 0.717) is 25.6 Å². The number of ether oxygens (including phenoxy) is 1. The summed E-state index contributed by atoms with van der Waals surface area (Å²) in [6.07, 6.45) is 5.10. The molecule has 4 heterocycles. The number of hydrogen-bond acceptors (Lipinski definition) is 7. The second-order valence-corrected chi connectivity index (χ2v) is 15.8. The molecular weight excluding hydrogens is 713 g/mol. The van der Waals surface area contributed by atoms with Crippen LogP contribution in [0, 0.1) is 11.8 Å². The molecule has 3 aromatic carbocycles. The third-order valence-electron chi connectivity index (χ3n) is 10.1. The third-order valence-corrected chi connectivity index (χ3v) is 11.8. The number of benzene rings is 3. The van der Waals surface area contributed by atoms with Crippen molar-refractivity contribution < 1.29 is 19.1 Å². The van der Waals surface area contributed by atoms with Crippen molar-refractivity contribution in [2.45, 2.75) is 32.1 Å². The fraction of sp³-hybridized carbons (Fsp3) is 0.341.